The van der Waals surface area contributed by atoms with E-state index in [2.05, 4.69) is 32.0 Å². The normalized spacial score (nSPS) is 11.6. The largest absolute Gasteiger partial charge is 0.345 e. The predicted molar refractivity (Wildman–Crippen MR) is 110 cm³/mol. The Bertz CT molecular complexity index is 1260. The highest BCUT2D eigenvalue weighted by Crippen LogP contribution is 2.31. The zero-order chi connectivity index (χ0) is 20.4. The van der Waals surface area contributed by atoms with Crippen LogP contribution in [-0.2, 0) is 7.05 Å². The zero-order valence-corrected chi connectivity index (χ0v) is 16.0. The van der Waals surface area contributed by atoms with E-state index in [0.717, 1.165) is 28.0 Å². The number of hydrogen-bond acceptors (Lipinski definition) is 6. The molecule has 0 aliphatic rings. The molecule has 1 unspecified atom stereocenters. The number of aromatic nitrogens is 4. The number of nitriles is 2. The summed E-state index contributed by atoms with van der Waals surface area (Å²) in [7, 11) is 1.98. The monoisotopic (exact) mass is 379 g/mol. The molecule has 140 valence electrons. The number of benzene rings is 2. The lowest BCUT2D eigenvalue weighted by Crippen LogP contribution is -2.14. The first-order valence-electron chi connectivity index (χ1n) is 9.05. The Balaban J connectivity index is 1.71. The van der Waals surface area contributed by atoms with Gasteiger partial charge in [0.05, 0.1) is 46.7 Å². The number of nitrogens with zero attached hydrogens (tertiary/aromatic N) is 6. The second-order valence-electron chi connectivity index (χ2n) is 6.66. The first kappa shape index (κ1) is 18.1. The molecule has 4 rings (SSSR count). The van der Waals surface area contributed by atoms with Crippen molar-refractivity contribution in [3.05, 3.63) is 71.8 Å². The third-order valence-corrected chi connectivity index (χ3v) is 4.77. The lowest BCUT2D eigenvalue weighted by atomic mass is 10.0. The molecule has 2 heterocycles. The summed E-state index contributed by atoms with van der Waals surface area (Å²) in [6, 6.07) is 17.6. The molecule has 0 spiro atoms. The van der Waals surface area contributed by atoms with Crippen molar-refractivity contribution in [2.24, 2.45) is 7.05 Å². The highest BCUT2D eigenvalue weighted by Gasteiger charge is 2.18. The van der Waals surface area contributed by atoms with E-state index >= 15 is 0 Å². The topological polar surface area (TPSA) is 103 Å². The summed E-state index contributed by atoms with van der Waals surface area (Å²) in [5.74, 6) is 1.28. The van der Waals surface area contributed by atoms with Gasteiger partial charge in [0, 0.05) is 12.6 Å². The van der Waals surface area contributed by atoms with E-state index in [1.54, 1.807) is 0 Å². The van der Waals surface area contributed by atoms with Crippen molar-refractivity contribution in [1.29, 1.82) is 10.5 Å². The van der Waals surface area contributed by atoms with Crippen molar-refractivity contribution in [1.82, 2.24) is 19.5 Å². The minimum absolute atomic E-state index is 0.144. The first-order valence-corrected chi connectivity index (χ1v) is 9.05. The Morgan fingerprint density at radius 2 is 1.66 bits per heavy atom. The second-order valence-corrected chi connectivity index (χ2v) is 6.66. The highest BCUT2D eigenvalue weighted by molar-refractivity contribution is 5.92. The van der Waals surface area contributed by atoms with E-state index < -0.39 is 0 Å². The maximum atomic E-state index is 9.03. The quantitative estimate of drug-likeness (QED) is 0.576. The molecule has 0 radical (unpaired) electrons. The zero-order valence-electron chi connectivity index (χ0n) is 16.0. The fraction of sp³-hybridized carbons (Fsp3) is 0.136. The van der Waals surface area contributed by atoms with Gasteiger partial charge in [0.1, 0.15) is 11.9 Å². The molecule has 2 aromatic carbocycles. The van der Waals surface area contributed by atoms with Crippen molar-refractivity contribution >= 4 is 17.0 Å². The lowest BCUT2D eigenvalue weighted by Gasteiger charge is -2.14. The molecule has 1 N–H and O–H groups in total. The molecule has 0 fully saturated rings. The van der Waals surface area contributed by atoms with Gasteiger partial charge < -0.3 is 9.88 Å². The van der Waals surface area contributed by atoms with E-state index in [1.165, 1.54) is 12.4 Å². The molecule has 29 heavy (non-hydrogen) atoms. The van der Waals surface area contributed by atoms with E-state index in [0.29, 0.717) is 17.1 Å². The Hall–Kier alpha value is -4.23. The number of aryl methyl sites for hydroxylation is 1. The Morgan fingerprint density at radius 1 is 0.966 bits per heavy atom. The summed E-state index contributed by atoms with van der Waals surface area (Å²) in [6.45, 7) is 1.99. The first-order chi connectivity index (χ1) is 14.1. The molecule has 7 heteroatoms. The summed E-state index contributed by atoms with van der Waals surface area (Å²) >= 11 is 0. The van der Waals surface area contributed by atoms with Crippen molar-refractivity contribution in [3.8, 4) is 23.3 Å². The SMILES string of the molecule is CC(Nc1ncc(C#N)cn1)c1nc2cccc(-c3ccc(C#N)cc3)c2n1C. The van der Waals surface area contributed by atoms with Gasteiger partial charge in [-0.15, -0.1) is 0 Å². The van der Waals surface area contributed by atoms with Gasteiger partial charge in [0.25, 0.3) is 0 Å². The van der Waals surface area contributed by atoms with Crippen LogP contribution >= 0.6 is 0 Å². The van der Waals surface area contributed by atoms with Crippen LogP contribution in [0.4, 0.5) is 5.95 Å². The summed E-state index contributed by atoms with van der Waals surface area (Å²) in [6.07, 6.45) is 2.97. The summed E-state index contributed by atoms with van der Waals surface area (Å²) in [4.78, 5) is 13.1. The minimum Gasteiger partial charge on any atom is -0.345 e. The van der Waals surface area contributed by atoms with E-state index in [4.69, 9.17) is 15.5 Å². The van der Waals surface area contributed by atoms with E-state index in [9.17, 15) is 0 Å². The fourth-order valence-corrected chi connectivity index (χ4v) is 3.35. The molecular weight excluding hydrogens is 362 g/mol. The van der Waals surface area contributed by atoms with Crippen molar-refractivity contribution < 1.29 is 0 Å². The molecule has 4 aromatic rings. The number of rotatable bonds is 4. The van der Waals surface area contributed by atoms with Crippen LogP contribution in [0.25, 0.3) is 22.2 Å². The smallest absolute Gasteiger partial charge is 0.223 e. The van der Waals surface area contributed by atoms with Gasteiger partial charge in [0.2, 0.25) is 5.95 Å². The number of fused-ring (bicyclic) bond motifs is 1. The van der Waals surface area contributed by atoms with Gasteiger partial charge in [-0.1, -0.05) is 24.3 Å². The van der Waals surface area contributed by atoms with Crippen LogP contribution in [0.3, 0.4) is 0 Å². The van der Waals surface area contributed by atoms with Gasteiger partial charge in [-0.3, -0.25) is 0 Å². The van der Waals surface area contributed by atoms with Gasteiger partial charge in [-0.2, -0.15) is 10.5 Å². The molecule has 0 aliphatic heterocycles. The van der Waals surface area contributed by atoms with Crippen LogP contribution in [0.1, 0.15) is 29.9 Å². The highest BCUT2D eigenvalue weighted by atomic mass is 15.2. The molecule has 0 bridgehead atoms. The Labute approximate surface area is 167 Å². The van der Waals surface area contributed by atoms with Gasteiger partial charge in [-0.25, -0.2) is 15.0 Å². The van der Waals surface area contributed by atoms with Gasteiger partial charge in [-0.05, 0) is 30.7 Å². The Morgan fingerprint density at radius 3 is 2.31 bits per heavy atom. The number of hydrogen-bond donors (Lipinski definition) is 1. The molecule has 0 aliphatic carbocycles. The summed E-state index contributed by atoms with van der Waals surface area (Å²) < 4.78 is 2.06. The fourth-order valence-electron chi connectivity index (χ4n) is 3.35. The van der Waals surface area contributed by atoms with Crippen LogP contribution in [0.15, 0.2) is 54.9 Å². The standard InChI is InChI=1S/C22H17N7/c1-14(27-22-25-12-16(11-24)13-26-22)21-28-19-5-3-4-18(20(19)29(21)2)17-8-6-15(10-23)7-9-17/h3-9,12-14H,1-2H3,(H,25,26,27). The maximum Gasteiger partial charge on any atom is 0.223 e. The second kappa shape index (κ2) is 7.41. The molecule has 7 nitrogen and oxygen atoms in total. The third-order valence-electron chi connectivity index (χ3n) is 4.77. The van der Waals surface area contributed by atoms with Crippen LogP contribution in [0.5, 0.6) is 0 Å². The van der Waals surface area contributed by atoms with Crippen molar-refractivity contribution in [3.63, 3.8) is 0 Å². The predicted octanol–water partition coefficient (Wildman–Crippen LogP) is 3.95. The average Bonchev–Trinajstić information content (AvgIpc) is 3.11. The summed E-state index contributed by atoms with van der Waals surface area (Å²) in [5, 5.41) is 21.1. The van der Waals surface area contributed by atoms with Gasteiger partial charge >= 0.3 is 0 Å². The molecular formula is C22H17N7. The third kappa shape index (κ3) is 3.38. The molecule has 1 atom stereocenters. The molecule has 0 saturated heterocycles. The molecule has 0 amide bonds. The summed E-state index contributed by atoms with van der Waals surface area (Å²) in [5.41, 5.74) is 5.03. The van der Waals surface area contributed by atoms with E-state index in [-0.39, 0.29) is 6.04 Å². The van der Waals surface area contributed by atoms with Crippen LogP contribution in [0, 0.1) is 22.7 Å². The average molecular weight is 379 g/mol. The van der Waals surface area contributed by atoms with E-state index in [1.807, 2.05) is 56.4 Å². The number of nitrogens with one attached hydrogen (secondary N) is 1. The van der Waals surface area contributed by atoms with Gasteiger partial charge in [0.15, 0.2) is 0 Å². The maximum absolute atomic E-state index is 9.03. The number of para-hydroxylation sites is 1. The minimum atomic E-state index is -0.144. The lowest BCUT2D eigenvalue weighted by molar-refractivity contribution is 0.726. The van der Waals surface area contributed by atoms with Crippen molar-refractivity contribution in [2.45, 2.75) is 13.0 Å². The number of imidazole rings is 1. The Kier molecular flexibility index (Phi) is 4.64. The molecule has 0 saturated carbocycles. The van der Waals surface area contributed by atoms with Crippen LogP contribution in [-0.4, -0.2) is 19.5 Å². The number of anilines is 1. The van der Waals surface area contributed by atoms with Crippen LogP contribution < -0.4 is 5.32 Å². The van der Waals surface area contributed by atoms with Crippen LogP contribution in [0.2, 0.25) is 0 Å². The molecule has 2 aromatic heterocycles. The van der Waals surface area contributed by atoms with Crippen molar-refractivity contribution in [2.75, 3.05) is 5.32 Å².